The summed E-state index contributed by atoms with van der Waals surface area (Å²) in [6.07, 6.45) is 0. The maximum atomic E-state index is 8.42. The molecule has 0 fully saturated rings. The van der Waals surface area contributed by atoms with Crippen molar-refractivity contribution in [1.82, 2.24) is 0 Å². The highest BCUT2D eigenvalue weighted by molar-refractivity contribution is 7.97. The van der Waals surface area contributed by atoms with Crippen molar-refractivity contribution in [2.24, 2.45) is 0 Å². The van der Waals surface area contributed by atoms with E-state index in [-0.39, 0.29) is 13.4 Å². The molecule has 12 heteroatoms. The Balaban J connectivity index is 0.835. The molecule has 0 aliphatic carbocycles. The van der Waals surface area contributed by atoms with Gasteiger partial charge in [-0.2, -0.15) is 0 Å². The molecule has 18 aromatic carbocycles. The van der Waals surface area contributed by atoms with Crippen LogP contribution in [0.15, 0.2) is 427 Å². The van der Waals surface area contributed by atoms with E-state index in [9.17, 15) is 0 Å². The Hall–Kier alpha value is -14.3. The third kappa shape index (κ3) is 11.4. The average molecular weight is 1650 g/mol. The van der Waals surface area contributed by atoms with Gasteiger partial charge in [0.2, 0.25) is 0 Å². The quantitative estimate of drug-likeness (QED) is 0.0614. The maximum Gasteiger partial charge on any atom is 0.256 e. The molecule has 6 nitrogen and oxygen atoms in total. The summed E-state index contributed by atoms with van der Waals surface area (Å²) in [5.41, 5.74) is 26.0. The van der Waals surface area contributed by atoms with Crippen LogP contribution in [0.25, 0.3) is 0 Å². The Morgan fingerprint density at radius 2 is 0.512 bits per heavy atom. The van der Waals surface area contributed by atoms with Gasteiger partial charge in [-0.15, -0.1) is 0 Å². The SMILES string of the molecule is Cc1ccccc1N1c2cc3c(cc2B2c4cc5c(cc4Oc4cc([Si](c6ccccc6)(c6ccccc6)c6ccccc6)cc1c42)N(c1c(C)cccc1C)c1cc([Si](c2ccccc2)(c2ccccc2)c2ccccc2)cc2c1B5c1ccccc1O2)B1c2ccccc2Oc2cc([S+](c4ccccc4)c4ccccc4)cc(c21)N3c1c(C)cccc1C. The van der Waals surface area contributed by atoms with Crippen molar-refractivity contribution >= 4 is 189 Å². The molecule has 0 N–H and O–H groups in total. The fourth-order valence-corrected chi connectivity index (χ4v) is 33.9. The Labute approximate surface area is 736 Å². The van der Waals surface area contributed by atoms with Gasteiger partial charge in [-0.3, -0.25) is 0 Å². The van der Waals surface area contributed by atoms with E-state index in [1.807, 2.05) is 0 Å². The second kappa shape index (κ2) is 29.5. The number of benzene rings is 18. The summed E-state index contributed by atoms with van der Waals surface area (Å²) in [5, 5.41) is 10.1. The summed E-state index contributed by atoms with van der Waals surface area (Å²) in [4.78, 5) is 11.6. The van der Waals surface area contributed by atoms with Crippen molar-refractivity contribution < 1.29 is 14.2 Å². The molecule has 6 aliphatic rings. The largest absolute Gasteiger partial charge is 0.458 e. The zero-order chi connectivity index (χ0) is 83.3. The molecule has 0 unspecified atom stereocenters. The molecule has 18 aromatic rings. The Morgan fingerprint density at radius 3 is 0.928 bits per heavy atom. The normalized spacial score (nSPS) is 13.3. The van der Waals surface area contributed by atoms with E-state index in [2.05, 4.69) is 462 Å². The van der Waals surface area contributed by atoms with Gasteiger partial charge in [-0.1, -0.05) is 322 Å². The summed E-state index contributed by atoms with van der Waals surface area (Å²) in [6.45, 7) is 10.5. The minimum absolute atomic E-state index is 0.265. The molecule has 0 spiro atoms. The number of rotatable bonds is 14. The molecular formula is C113H83B3N3O3SSi2+. The molecule has 0 saturated heterocycles. The molecule has 0 amide bonds. The second-order valence-corrected chi connectivity index (χ2v) is 43.8. The lowest BCUT2D eigenvalue weighted by molar-refractivity contribution is 0.486. The lowest BCUT2D eigenvalue weighted by Crippen LogP contribution is -2.75. The van der Waals surface area contributed by atoms with Gasteiger partial charge >= 0.3 is 0 Å². The summed E-state index contributed by atoms with van der Waals surface area (Å²) >= 11 is 0. The first-order valence-corrected chi connectivity index (χ1v) is 48.7. The number of fused-ring (bicyclic) bond motifs is 12. The smallest absolute Gasteiger partial charge is 0.256 e. The van der Waals surface area contributed by atoms with E-state index in [1.54, 1.807) is 0 Å². The molecule has 0 radical (unpaired) electrons. The molecule has 6 aliphatic heterocycles. The summed E-state index contributed by atoms with van der Waals surface area (Å²) in [6, 6.07) is 156. The van der Waals surface area contributed by atoms with Gasteiger partial charge in [0, 0.05) is 52.3 Å². The number of nitrogens with zero attached hydrogens (tertiary/aromatic N) is 3. The summed E-state index contributed by atoms with van der Waals surface area (Å²) < 4.78 is 23.7. The highest BCUT2D eigenvalue weighted by Crippen LogP contribution is 2.52. The number of hydrogen-bond donors (Lipinski definition) is 0. The van der Waals surface area contributed by atoms with Crippen molar-refractivity contribution in [3.63, 3.8) is 0 Å². The van der Waals surface area contributed by atoms with Crippen molar-refractivity contribution in [3.05, 3.63) is 440 Å². The van der Waals surface area contributed by atoms with Crippen LogP contribution < -0.4 is 120 Å². The van der Waals surface area contributed by atoms with Gasteiger partial charge in [-0.05, 0) is 226 Å². The molecule has 0 aromatic heterocycles. The van der Waals surface area contributed by atoms with Crippen LogP contribution in [0.5, 0.6) is 34.5 Å². The van der Waals surface area contributed by atoms with Crippen LogP contribution in [0, 0.1) is 34.6 Å². The van der Waals surface area contributed by atoms with Gasteiger partial charge in [0.05, 0.1) is 28.0 Å². The molecule has 125 heavy (non-hydrogen) atoms. The second-order valence-electron chi connectivity index (χ2n) is 34.2. The zero-order valence-electron chi connectivity index (χ0n) is 70.0. The maximum absolute atomic E-state index is 8.42. The van der Waals surface area contributed by atoms with Gasteiger partial charge in [0.15, 0.2) is 30.8 Å². The molecular weight excluding hydrogens is 1570 g/mol. The van der Waals surface area contributed by atoms with Gasteiger partial charge in [0.1, 0.15) is 34.5 Å². The lowest BCUT2D eigenvalue weighted by atomic mass is 9.29. The van der Waals surface area contributed by atoms with Crippen molar-refractivity contribution in [2.45, 2.75) is 49.3 Å². The van der Waals surface area contributed by atoms with Crippen LogP contribution >= 0.6 is 0 Å². The minimum Gasteiger partial charge on any atom is -0.458 e. The Kier molecular flexibility index (Phi) is 17.6. The number of anilines is 9. The minimum atomic E-state index is -3.39. The van der Waals surface area contributed by atoms with Crippen LogP contribution in [-0.4, -0.2) is 36.3 Å². The summed E-state index contributed by atoms with van der Waals surface area (Å²) in [5.74, 6) is 5.06. The lowest BCUT2D eigenvalue weighted by Gasteiger charge is -2.46. The first-order valence-electron chi connectivity index (χ1n) is 43.5. The van der Waals surface area contributed by atoms with Crippen molar-refractivity contribution in [1.29, 1.82) is 0 Å². The fourth-order valence-electron chi connectivity index (χ4n) is 22.2. The number of ether oxygens (including phenoxy) is 3. The molecule has 6 heterocycles. The van der Waals surface area contributed by atoms with Gasteiger partial charge in [-0.25, -0.2) is 0 Å². The van der Waals surface area contributed by atoms with E-state index in [0.29, 0.717) is 0 Å². The van der Waals surface area contributed by atoms with E-state index < -0.39 is 33.8 Å². The molecule has 0 atom stereocenters. The van der Waals surface area contributed by atoms with Crippen LogP contribution in [0.3, 0.4) is 0 Å². The van der Waals surface area contributed by atoms with Crippen LogP contribution in [0.1, 0.15) is 27.8 Å². The third-order valence-electron chi connectivity index (χ3n) is 27.3. The van der Waals surface area contributed by atoms with Gasteiger partial charge < -0.3 is 28.9 Å². The zero-order valence-corrected chi connectivity index (χ0v) is 72.8. The van der Waals surface area contributed by atoms with E-state index in [1.165, 1.54) is 83.7 Å². The van der Waals surface area contributed by atoms with Crippen molar-refractivity contribution in [3.8, 4) is 34.5 Å². The molecule has 0 bridgehead atoms. The molecule has 590 valence electrons. The monoisotopic (exact) mass is 1650 g/mol. The van der Waals surface area contributed by atoms with Crippen molar-refractivity contribution in [2.75, 3.05) is 14.7 Å². The predicted molar refractivity (Wildman–Crippen MR) is 530 cm³/mol. The van der Waals surface area contributed by atoms with Crippen LogP contribution in [-0.2, 0) is 10.9 Å². The molecule has 24 rings (SSSR count). The highest BCUT2D eigenvalue weighted by atomic mass is 32.2. The van der Waals surface area contributed by atoms with Crippen LogP contribution in [0.2, 0.25) is 0 Å². The van der Waals surface area contributed by atoms with E-state index in [4.69, 9.17) is 14.2 Å². The van der Waals surface area contributed by atoms with E-state index >= 15 is 0 Å². The molecule has 0 saturated carbocycles. The standard InChI is InChI=1S/C113H83B3N3O3SSi2/c1-74-38-30-33-61-96(74)117-97-72-98-93(114-90-59-31-34-62-103(90)120-106-65-81(123(79-43-14-6-15-44-79)80-45-16-7-17-46-80)64-100(109(106)114)118(98)112-75(2)39-36-40-76(112)3)70-92(97)116-95-71-94-99(73-105(95)122-108-69-88(66-101(117)110(108)116)124(82-47-18-8-19-48-82,83-49-20-9-21-50-83)84-51-22-10-23-52-84)119(113-77(4)41-37-42-78(113)5)102-67-89(68-107-111(102)115(94)91-60-32-35-63-104(91)121-107)125(85-53-24-11-25-54-85,86-55-26-12-27-56-86)87-57-28-13-29-58-87/h6-73H,1-5H3/q+1. The fraction of sp³-hybridized carbons (Fsp3) is 0.0442. The number of aryl methyl sites for hydroxylation is 5. The Bertz CT molecular complexity index is 7110. The van der Waals surface area contributed by atoms with E-state index in [0.717, 1.165) is 135 Å². The topological polar surface area (TPSA) is 37.4 Å². The number of hydrogen-bond acceptors (Lipinski definition) is 6. The first-order chi connectivity index (χ1) is 61.6. The Morgan fingerprint density at radius 1 is 0.200 bits per heavy atom. The predicted octanol–water partition coefficient (Wildman–Crippen LogP) is 16.3. The van der Waals surface area contributed by atoms with Crippen LogP contribution in [0.4, 0.5) is 51.2 Å². The number of para-hydroxylation sites is 5. The first kappa shape index (κ1) is 74.6. The van der Waals surface area contributed by atoms with Gasteiger partial charge in [0.25, 0.3) is 20.1 Å². The highest BCUT2D eigenvalue weighted by Gasteiger charge is 2.54. The average Bonchev–Trinajstić information content (AvgIpc) is 0.679. The third-order valence-corrected chi connectivity index (χ3v) is 39.0. The summed E-state index contributed by atoms with van der Waals surface area (Å²) in [7, 11) is -7.18.